The molecule has 0 amide bonds. The maximum atomic E-state index is 10.2. The van der Waals surface area contributed by atoms with Crippen LogP contribution in [0.2, 0.25) is 0 Å². The van der Waals surface area contributed by atoms with Gasteiger partial charge in [0.05, 0.1) is 13.7 Å². The van der Waals surface area contributed by atoms with Gasteiger partial charge in [0.15, 0.2) is 17.5 Å². The van der Waals surface area contributed by atoms with E-state index in [0.717, 1.165) is 49.8 Å². The number of ether oxygens (including phenoxy) is 1. The Morgan fingerprint density at radius 3 is 2.81 bits per heavy atom. The molecule has 2 heterocycles. The van der Waals surface area contributed by atoms with Crippen molar-refractivity contribution in [2.75, 3.05) is 26.7 Å². The van der Waals surface area contributed by atoms with E-state index in [9.17, 15) is 5.11 Å². The first-order valence-electron chi connectivity index (χ1n) is 8.96. The average Bonchev–Trinajstić information content (AvgIpc) is 3.21. The number of guanidine groups is 1. The Balaban J connectivity index is 0.00000261. The minimum absolute atomic E-state index is 0. The first kappa shape index (κ1) is 21.3. The summed E-state index contributed by atoms with van der Waals surface area (Å²) in [6, 6.07) is 5.46. The van der Waals surface area contributed by atoms with Gasteiger partial charge >= 0.3 is 0 Å². The second-order valence-corrected chi connectivity index (χ2v) is 6.27. The number of H-pyrrole nitrogens is 1. The highest BCUT2D eigenvalue weighted by molar-refractivity contribution is 14.0. The Labute approximate surface area is 176 Å². The molecule has 3 N–H and O–H groups in total. The first-order valence-corrected chi connectivity index (χ1v) is 8.96. The number of nitrogens with one attached hydrogen (secondary N) is 2. The van der Waals surface area contributed by atoms with Crippen molar-refractivity contribution in [3.05, 3.63) is 35.9 Å². The van der Waals surface area contributed by atoms with Gasteiger partial charge in [-0.25, -0.2) is 9.98 Å². The summed E-state index contributed by atoms with van der Waals surface area (Å²) >= 11 is 0. The van der Waals surface area contributed by atoms with E-state index in [0.29, 0.717) is 18.2 Å². The number of rotatable bonds is 5. The standard InChI is InChI=1S/C18H26N6O2.HI/c1-3-19-18(20-11-14-5-4-6-15(26-2)16(14)25)24-9-7-13(8-10-24)17-21-12-22-23-17;/h4-6,12-13,25H,3,7-11H2,1-2H3,(H,19,20)(H,21,22,23);1H. The number of methoxy groups -OCH3 is 1. The van der Waals surface area contributed by atoms with Crippen LogP contribution in [0.4, 0.5) is 0 Å². The van der Waals surface area contributed by atoms with Crippen LogP contribution in [0.15, 0.2) is 29.5 Å². The normalized spacial score (nSPS) is 15.3. The number of hydrogen-bond donors (Lipinski definition) is 3. The van der Waals surface area contributed by atoms with Crippen molar-refractivity contribution in [2.24, 2.45) is 4.99 Å². The molecule has 9 heteroatoms. The number of piperidine rings is 1. The zero-order chi connectivity index (χ0) is 18.4. The van der Waals surface area contributed by atoms with Crippen molar-refractivity contribution in [3.8, 4) is 11.5 Å². The lowest BCUT2D eigenvalue weighted by Gasteiger charge is -2.33. The van der Waals surface area contributed by atoms with Gasteiger partial charge in [-0.1, -0.05) is 12.1 Å². The largest absolute Gasteiger partial charge is 0.504 e. The number of phenols is 1. The number of hydrogen-bond acceptors (Lipinski definition) is 5. The van der Waals surface area contributed by atoms with E-state index < -0.39 is 0 Å². The Kier molecular flexibility index (Phi) is 8.14. The highest BCUT2D eigenvalue weighted by atomic mass is 127. The number of phenolic OH excluding ortho intramolecular Hbond substituents is 1. The maximum absolute atomic E-state index is 10.2. The Morgan fingerprint density at radius 1 is 1.41 bits per heavy atom. The number of aliphatic imine (C=N–C) groups is 1. The molecule has 1 aromatic heterocycles. The van der Waals surface area contributed by atoms with Gasteiger partial charge < -0.3 is 20.1 Å². The molecular weight excluding hydrogens is 459 g/mol. The molecule has 0 bridgehead atoms. The predicted octanol–water partition coefficient (Wildman–Crippen LogP) is 2.48. The maximum Gasteiger partial charge on any atom is 0.194 e. The minimum atomic E-state index is 0. The second-order valence-electron chi connectivity index (χ2n) is 6.27. The van der Waals surface area contributed by atoms with Crippen molar-refractivity contribution >= 4 is 29.9 Å². The van der Waals surface area contributed by atoms with Crippen LogP contribution in [0.5, 0.6) is 11.5 Å². The van der Waals surface area contributed by atoms with Gasteiger partial charge in [0.1, 0.15) is 12.2 Å². The molecule has 0 atom stereocenters. The monoisotopic (exact) mass is 486 g/mol. The van der Waals surface area contributed by atoms with Crippen molar-refractivity contribution in [1.82, 2.24) is 25.4 Å². The summed E-state index contributed by atoms with van der Waals surface area (Å²) < 4.78 is 5.16. The van der Waals surface area contributed by atoms with Gasteiger partial charge in [-0.3, -0.25) is 5.10 Å². The average molecular weight is 486 g/mol. The number of aromatic nitrogens is 3. The third-order valence-electron chi connectivity index (χ3n) is 4.65. The van der Waals surface area contributed by atoms with E-state index in [1.807, 2.05) is 12.1 Å². The zero-order valence-corrected chi connectivity index (χ0v) is 18.0. The number of halogens is 1. The number of aromatic hydroxyl groups is 1. The summed E-state index contributed by atoms with van der Waals surface area (Å²) in [5.74, 6) is 2.87. The fourth-order valence-electron chi connectivity index (χ4n) is 3.22. The van der Waals surface area contributed by atoms with E-state index >= 15 is 0 Å². The van der Waals surface area contributed by atoms with Crippen LogP contribution in [0.1, 0.15) is 37.1 Å². The molecule has 148 valence electrons. The molecule has 1 fully saturated rings. The number of nitrogens with zero attached hydrogens (tertiary/aromatic N) is 4. The number of aromatic amines is 1. The van der Waals surface area contributed by atoms with Crippen molar-refractivity contribution < 1.29 is 9.84 Å². The summed E-state index contributed by atoms with van der Waals surface area (Å²) in [5, 5.41) is 20.5. The highest BCUT2D eigenvalue weighted by Gasteiger charge is 2.24. The quantitative estimate of drug-likeness (QED) is 0.341. The molecule has 27 heavy (non-hydrogen) atoms. The molecule has 0 spiro atoms. The molecule has 8 nitrogen and oxygen atoms in total. The molecule has 1 saturated heterocycles. The summed E-state index contributed by atoms with van der Waals surface area (Å²) in [5.41, 5.74) is 0.747. The lowest BCUT2D eigenvalue weighted by atomic mass is 9.96. The van der Waals surface area contributed by atoms with Crippen LogP contribution >= 0.6 is 24.0 Å². The highest BCUT2D eigenvalue weighted by Crippen LogP contribution is 2.30. The van der Waals surface area contributed by atoms with Crippen molar-refractivity contribution in [3.63, 3.8) is 0 Å². The summed E-state index contributed by atoms with van der Waals surface area (Å²) in [4.78, 5) is 11.2. The number of benzene rings is 1. The summed E-state index contributed by atoms with van der Waals surface area (Å²) in [7, 11) is 1.55. The molecule has 0 radical (unpaired) electrons. The van der Waals surface area contributed by atoms with Crippen LogP contribution in [0.3, 0.4) is 0 Å². The lowest BCUT2D eigenvalue weighted by molar-refractivity contribution is 0.298. The molecule has 1 aliphatic heterocycles. The fourth-order valence-corrected chi connectivity index (χ4v) is 3.22. The topological polar surface area (TPSA) is 98.7 Å². The summed E-state index contributed by atoms with van der Waals surface area (Å²) in [6.45, 7) is 5.06. The zero-order valence-electron chi connectivity index (χ0n) is 15.7. The van der Waals surface area contributed by atoms with Gasteiger partial charge in [0.2, 0.25) is 0 Å². The Hall–Kier alpha value is -2.04. The fraction of sp³-hybridized carbons (Fsp3) is 0.500. The second kappa shape index (κ2) is 10.3. The molecule has 3 rings (SSSR count). The summed E-state index contributed by atoms with van der Waals surface area (Å²) in [6.07, 6.45) is 3.57. The van der Waals surface area contributed by atoms with Gasteiger partial charge in [-0.2, -0.15) is 5.10 Å². The van der Waals surface area contributed by atoms with Crippen LogP contribution in [-0.2, 0) is 6.54 Å². The first-order chi connectivity index (χ1) is 12.7. The van der Waals surface area contributed by atoms with E-state index in [-0.39, 0.29) is 29.7 Å². The smallest absolute Gasteiger partial charge is 0.194 e. The van der Waals surface area contributed by atoms with Crippen LogP contribution < -0.4 is 10.1 Å². The SMILES string of the molecule is CCNC(=NCc1cccc(OC)c1O)N1CCC(c2ncn[nH]2)CC1.I. The molecule has 0 unspecified atom stereocenters. The van der Waals surface area contributed by atoms with Gasteiger partial charge in [-0.15, -0.1) is 24.0 Å². The third-order valence-corrected chi connectivity index (χ3v) is 4.65. The van der Waals surface area contributed by atoms with Crippen LogP contribution in [0, 0.1) is 0 Å². The molecule has 2 aromatic rings. The Bertz CT molecular complexity index is 729. The van der Waals surface area contributed by atoms with Crippen molar-refractivity contribution in [2.45, 2.75) is 32.2 Å². The van der Waals surface area contributed by atoms with Gasteiger partial charge in [0, 0.05) is 31.1 Å². The van der Waals surface area contributed by atoms with Crippen LogP contribution in [0.25, 0.3) is 0 Å². The lowest BCUT2D eigenvalue weighted by Crippen LogP contribution is -2.45. The Morgan fingerprint density at radius 2 is 2.19 bits per heavy atom. The van der Waals surface area contributed by atoms with Crippen molar-refractivity contribution in [1.29, 1.82) is 0 Å². The minimum Gasteiger partial charge on any atom is -0.504 e. The third kappa shape index (κ3) is 5.24. The van der Waals surface area contributed by atoms with E-state index in [1.165, 1.54) is 0 Å². The predicted molar refractivity (Wildman–Crippen MR) is 115 cm³/mol. The van der Waals surface area contributed by atoms with Crippen LogP contribution in [-0.4, -0.2) is 57.9 Å². The van der Waals surface area contributed by atoms with E-state index in [4.69, 9.17) is 9.73 Å². The van der Waals surface area contributed by atoms with Gasteiger partial charge in [-0.05, 0) is 25.8 Å². The number of likely N-dealkylation sites (tertiary alicyclic amines) is 1. The molecule has 0 aliphatic carbocycles. The molecule has 0 saturated carbocycles. The van der Waals surface area contributed by atoms with E-state index in [1.54, 1.807) is 19.5 Å². The molecular formula is C18H27IN6O2. The molecule has 1 aromatic carbocycles. The van der Waals surface area contributed by atoms with E-state index in [2.05, 4.69) is 32.3 Å². The number of para-hydroxylation sites is 1. The molecule has 1 aliphatic rings. The van der Waals surface area contributed by atoms with Gasteiger partial charge in [0.25, 0.3) is 0 Å².